The van der Waals surface area contributed by atoms with E-state index in [0.717, 1.165) is 18.5 Å². The van der Waals surface area contributed by atoms with Gasteiger partial charge in [0.05, 0.1) is 17.2 Å². The average molecular weight is 511 g/mol. The van der Waals surface area contributed by atoms with E-state index in [1.807, 2.05) is 0 Å². The first-order chi connectivity index (χ1) is 14.9. The molecule has 1 N–H and O–H groups in total. The van der Waals surface area contributed by atoms with Crippen LogP contribution in [0.3, 0.4) is 0 Å². The number of carbonyl (C=O) groups excluding carboxylic acids is 1. The van der Waals surface area contributed by atoms with Gasteiger partial charge >= 0.3 is 0 Å². The van der Waals surface area contributed by atoms with Gasteiger partial charge in [-0.15, -0.1) is 11.6 Å². The molecule has 1 atom stereocenters. The van der Waals surface area contributed by atoms with Crippen molar-refractivity contribution in [3.63, 3.8) is 0 Å². The van der Waals surface area contributed by atoms with Crippen LogP contribution in [0, 0.1) is 17.5 Å². The molecule has 1 aliphatic carbocycles. The number of aromatic nitrogens is 1. The predicted octanol–water partition coefficient (Wildman–Crippen LogP) is 4.64. The van der Waals surface area contributed by atoms with Gasteiger partial charge in [0.2, 0.25) is 21.7 Å². The lowest BCUT2D eigenvalue weighted by molar-refractivity contribution is -0.116. The Morgan fingerprint density at radius 3 is 2.53 bits per heavy atom. The molecule has 0 bridgehead atoms. The summed E-state index contributed by atoms with van der Waals surface area (Å²) < 4.78 is 84.0. The summed E-state index contributed by atoms with van der Waals surface area (Å²) in [5.41, 5.74) is -0.0724. The topological polar surface area (TPSA) is 85.4 Å². The number of sulfonamides is 1. The molecule has 1 aliphatic rings. The Hall–Kier alpha value is -2.63. The minimum absolute atomic E-state index is 0.170. The molecule has 0 saturated carbocycles. The second-order valence-electron chi connectivity index (χ2n) is 6.61. The number of allylic oxidation sites excluding steroid dienone is 3. The van der Waals surface area contributed by atoms with Gasteiger partial charge in [-0.25, -0.2) is 31.3 Å². The fraction of sp³-hybridized carbons (Fsp3) is 0.158. The van der Waals surface area contributed by atoms with Gasteiger partial charge in [0.1, 0.15) is 16.7 Å². The third-order valence-corrected chi connectivity index (χ3v) is 5.37. The molecule has 170 valence electrons. The minimum atomic E-state index is -3.90. The van der Waals surface area contributed by atoms with Crippen LogP contribution in [-0.4, -0.2) is 30.9 Å². The molecule has 6 nitrogen and oxygen atoms in total. The summed E-state index contributed by atoms with van der Waals surface area (Å²) >= 11 is 12.3. The molecule has 1 unspecified atom stereocenters. The molecule has 0 spiro atoms. The highest BCUT2D eigenvalue weighted by molar-refractivity contribution is 7.89. The predicted molar refractivity (Wildman–Crippen MR) is 109 cm³/mol. The molecule has 1 amide bonds. The monoisotopic (exact) mass is 510 g/mol. The Morgan fingerprint density at radius 1 is 1.22 bits per heavy atom. The number of hydrogen-bond acceptors (Lipinski definition) is 5. The first-order valence-electron chi connectivity index (χ1n) is 8.60. The summed E-state index contributed by atoms with van der Waals surface area (Å²) in [5, 5.41) is -1.16. The Bertz CT molecular complexity index is 1280. The van der Waals surface area contributed by atoms with Crippen LogP contribution >= 0.6 is 23.2 Å². The lowest BCUT2D eigenvalue weighted by Gasteiger charge is -2.21. The number of rotatable bonds is 5. The van der Waals surface area contributed by atoms with Crippen LogP contribution < -0.4 is 9.46 Å². The number of alkyl halides is 1. The van der Waals surface area contributed by atoms with Crippen molar-refractivity contribution in [2.75, 3.05) is 6.26 Å². The zero-order chi connectivity index (χ0) is 23.8. The smallest absolute Gasteiger partial charge is 0.263 e. The van der Waals surface area contributed by atoms with Crippen LogP contribution in [0.4, 0.5) is 17.6 Å². The highest BCUT2D eigenvalue weighted by Crippen LogP contribution is 2.38. The zero-order valence-corrected chi connectivity index (χ0v) is 18.3. The van der Waals surface area contributed by atoms with E-state index in [0.29, 0.717) is 12.1 Å². The quantitative estimate of drug-likeness (QED) is 0.359. The van der Waals surface area contributed by atoms with Crippen LogP contribution in [0.25, 0.3) is 5.57 Å². The zero-order valence-electron chi connectivity index (χ0n) is 15.9. The van der Waals surface area contributed by atoms with Gasteiger partial charge in [-0.05, 0) is 23.3 Å². The largest absolute Gasteiger partial charge is 0.434 e. The molecular formula is C19H12Cl2F4N2O4S. The van der Waals surface area contributed by atoms with Crippen LogP contribution in [0.1, 0.15) is 12.0 Å². The molecule has 3 rings (SSSR count). The van der Waals surface area contributed by atoms with Gasteiger partial charge < -0.3 is 4.74 Å². The van der Waals surface area contributed by atoms with Crippen LogP contribution in [0.15, 0.2) is 41.9 Å². The normalized spacial score (nSPS) is 16.6. The average Bonchev–Trinajstić information content (AvgIpc) is 2.67. The number of carbonyl (C=O) groups is 1. The summed E-state index contributed by atoms with van der Waals surface area (Å²) in [5.74, 6) is -7.32. The molecule has 1 aromatic heterocycles. The third-order valence-electron chi connectivity index (χ3n) is 4.15. The summed E-state index contributed by atoms with van der Waals surface area (Å²) in [6.45, 7) is 0. The van der Waals surface area contributed by atoms with Crippen molar-refractivity contribution in [3.8, 4) is 11.6 Å². The van der Waals surface area contributed by atoms with Crippen LogP contribution in [-0.2, 0) is 14.8 Å². The van der Waals surface area contributed by atoms with Crippen LogP contribution in [0.2, 0.25) is 5.02 Å². The number of benzene rings is 1. The summed E-state index contributed by atoms with van der Waals surface area (Å²) in [4.78, 5) is 15.8. The van der Waals surface area contributed by atoms with Gasteiger partial charge in [0.25, 0.3) is 5.91 Å². The van der Waals surface area contributed by atoms with E-state index in [4.69, 9.17) is 27.9 Å². The highest BCUT2D eigenvalue weighted by atomic mass is 35.5. The standard InChI is InChI=1S/C19H12Cl2F4N2O4S/c1-32(29,30)27-18(28)11-5-12(20)10(6-14(11)23)8-2-13(21)19(26-7-8)31-16-4-9(22)3-15(24)17(16)25/h2-4,6-7,12H,5H2,1H3,(H,27,28). The first-order valence-corrected chi connectivity index (χ1v) is 11.3. The van der Waals surface area contributed by atoms with E-state index in [2.05, 4.69) is 4.98 Å². The Morgan fingerprint density at radius 2 is 1.91 bits per heavy atom. The van der Waals surface area contributed by atoms with Gasteiger partial charge in [0, 0.05) is 24.8 Å². The summed E-state index contributed by atoms with van der Waals surface area (Å²) in [7, 11) is -3.90. The summed E-state index contributed by atoms with van der Waals surface area (Å²) in [6, 6.07) is 2.18. The molecular weight excluding hydrogens is 499 g/mol. The lowest BCUT2D eigenvalue weighted by atomic mass is 9.92. The fourth-order valence-electron chi connectivity index (χ4n) is 2.77. The van der Waals surface area contributed by atoms with Crippen molar-refractivity contribution in [3.05, 3.63) is 69.9 Å². The Labute approximate surface area is 189 Å². The number of nitrogens with zero attached hydrogens (tertiary/aromatic N) is 1. The SMILES string of the molecule is CS(=O)(=O)NC(=O)C1=C(F)C=C(c2cnc(Oc3cc(F)cc(F)c3F)c(Cl)c2)C(Cl)C1. The Kier molecular flexibility index (Phi) is 6.82. The molecule has 0 aliphatic heterocycles. The fourth-order valence-corrected chi connectivity index (χ4v) is 3.77. The Balaban J connectivity index is 1.90. The van der Waals surface area contributed by atoms with Crippen molar-refractivity contribution in [2.45, 2.75) is 11.8 Å². The van der Waals surface area contributed by atoms with Crippen LogP contribution in [0.5, 0.6) is 11.6 Å². The minimum Gasteiger partial charge on any atom is -0.434 e. The van der Waals surface area contributed by atoms with E-state index < -0.39 is 55.9 Å². The van der Waals surface area contributed by atoms with Crippen molar-refractivity contribution in [1.82, 2.24) is 9.71 Å². The van der Waals surface area contributed by atoms with Crippen molar-refractivity contribution in [1.29, 1.82) is 0 Å². The van der Waals surface area contributed by atoms with E-state index >= 15 is 0 Å². The maximum Gasteiger partial charge on any atom is 0.263 e. The molecule has 0 saturated heterocycles. The lowest BCUT2D eigenvalue weighted by Crippen LogP contribution is -2.32. The van der Waals surface area contributed by atoms with E-state index in [1.54, 1.807) is 4.72 Å². The number of amides is 1. The molecule has 0 fully saturated rings. The van der Waals surface area contributed by atoms with Crippen molar-refractivity contribution < 1.29 is 35.5 Å². The maximum atomic E-state index is 14.5. The van der Waals surface area contributed by atoms with E-state index in [9.17, 15) is 30.8 Å². The number of ether oxygens (including phenoxy) is 1. The second-order valence-corrected chi connectivity index (χ2v) is 9.30. The molecule has 1 aromatic carbocycles. The molecule has 13 heteroatoms. The molecule has 0 radical (unpaired) electrons. The molecule has 2 aromatic rings. The second kappa shape index (κ2) is 9.08. The number of hydrogen-bond donors (Lipinski definition) is 1. The third kappa shape index (κ3) is 5.40. The summed E-state index contributed by atoms with van der Waals surface area (Å²) in [6.07, 6.45) is 2.48. The van der Waals surface area contributed by atoms with Crippen molar-refractivity contribution in [2.24, 2.45) is 0 Å². The van der Waals surface area contributed by atoms with Gasteiger partial charge in [0.15, 0.2) is 11.6 Å². The molecule has 1 heterocycles. The van der Waals surface area contributed by atoms with Gasteiger partial charge in [-0.2, -0.15) is 4.39 Å². The number of nitrogens with one attached hydrogen (secondary N) is 1. The van der Waals surface area contributed by atoms with Gasteiger partial charge in [-0.1, -0.05) is 11.6 Å². The van der Waals surface area contributed by atoms with Crippen molar-refractivity contribution >= 4 is 44.7 Å². The maximum absolute atomic E-state index is 14.5. The molecule has 32 heavy (non-hydrogen) atoms. The first kappa shape index (κ1) is 24.0. The van der Waals surface area contributed by atoms with E-state index in [1.165, 1.54) is 6.07 Å². The number of halogens is 6. The number of pyridine rings is 1. The van der Waals surface area contributed by atoms with Gasteiger partial charge in [-0.3, -0.25) is 4.79 Å². The highest BCUT2D eigenvalue weighted by Gasteiger charge is 2.29. The van der Waals surface area contributed by atoms with E-state index in [-0.39, 0.29) is 28.5 Å².